The van der Waals surface area contributed by atoms with Crippen molar-refractivity contribution in [1.29, 1.82) is 0 Å². The molecule has 8 heteroatoms. The van der Waals surface area contributed by atoms with Crippen molar-refractivity contribution >= 4 is 23.1 Å². The smallest absolute Gasteiger partial charge is 0.205 e. The molecule has 0 atom stereocenters. The maximum Gasteiger partial charge on any atom is 0.205 e. The second-order valence-electron chi connectivity index (χ2n) is 6.42. The standard InChI is InChI=1S/C21H22N4O2S2/c1-3-4-11-25-20(15-7-9-16(26-2)10-8-15)23-24-21(25)29-14-19-22-13-17(27-19)18-6-5-12-28-18/h5-10,12-13H,3-4,11,14H2,1-2H3. The summed E-state index contributed by atoms with van der Waals surface area (Å²) in [5.74, 6) is 3.80. The highest BCUT2D eigenvalue weighted by Gasteiger charge is 2.16. The molecular formula is C21H22N4O2S2. The molecule has 0 saturated heterocycles. The first-order chi connectivity index (χ1) is 14.3. The Morgan fingerprint density at radius 1 is 1.17 bits per heavy atom. The van der Waals surface area contributed by atoms with Gasteiger partial charge in [-0.2, -0.15) is 0 Å². The molecule has 0 amide bonds. The number of hydrogen-bond acceptors (Lipinski definition) is 7. The Hall–Kier alpha value is -2.58. The predicted octanol–water partition coefficient (Wildman–Crippen LogP) is 5.76. The SMILES string of the molecule is CCCCn1c(SCc2ncc(-c3cccs3)o2)nnc1-c1ccc(OC)cc1. The predicted molar refractivity (Wildman–Crippen MR) is 116 cm³/mol. The van der Waals surface area contributed by atoms with E-state index in [4.69, 9.17) is 9.15 Å². The van der Waals surface area contributed by atoms with E-state index in [1.807, 2.05) is 41.8 Å². The van der Waals surface area contributed by atoms with Gasteiger partial charge < -0.3 is 13.7 Å². The van der Waals surface area contributed by atoms with Gasteiger partial charge in [0.1, 0.15) is 5.75 Å². The highest BCUT2D eigenvalue weighted by atomic mass is 32.2. The number of rotatable bonds is 9. The van der Waals surface area contributed by atoms with Crippen LogP contribution in [0.4, 0.5) is 0 Å². The van der Waals surface area contributed by atoms with Crippen molar-refractivity contribution in [2.45, 2.75) is 37.2 Å². The number of methoxy groups -OCH3 is 1. The Morgan fingerprint density at radius 3 is 2.76 bits per heavy atom. The normalized spacial score (nSPS) is 11.1. The molecule has 4 rings (SSSR count). The summed E-state index contributed by atoms with van der Waals surface area (Å²) in [7, 11) is 1.67. The topological polar surface area (TPSA) is 66.0 Å². The molecular weight excluding hydrogens is 404 g/mol. The molecule has 0 aliphatic carbocycles. The molecule has 0 aliphatic heterocycles. The molecule has 0 N–H and O–H groups in total. The van der Waals surface area contributed by atoms with Crippen molar-refractivity contribution in [1.82, 2.24) is 19.7 Å². The van der Waals surface area contributed by atoms with Gasteiger partial charge in [0.25, 0.3) is 0 Å². The fourth-order valence-corrected chi connectivity index (χ4v) is 4.39. The maximum atomic E-state index is 5.89. The highest BCUT2D eigenvalue weighted by molar-refractivity contribution is 7.98. The summed E-state index contributed by atoms with van der Waals surface area (Å²) in [6, 6.07) is 12.0. The van der Waals surface area contributed by atoms with E-state index in [1.54, 1.807) is 36.4 Å². The lowest BCUT2D eigenvalue weighted by Crippen LogP contribution is -2.02. The zero-order chi connectivity index (χ0) is 20.1. The zero-order valence-corrected chi connectivity index (χ0v) is 18.0. The summed E-state index contributed by atoms with van der Waals surface area (Å²) in [4.78, 5) is 5.50. The van der Waals surface area contributed by atoms with E-state index in [1.165, 1.54) is 0 Å². The average Bonchev–Trinajstić information content (AvgIpc) is 3.51. The minimum absolute atomic E-state index is 0.609. The van der Waals surface area contributed by atoms with E-state index in [9.17, 15) is 0 Å². The van der Waals surface area contributed by atoms with Crippen LogP contribution in [0.25, 0.3) is 22.0 Å². The molecule has 29 heavy (non-hydrogen) atoms. The summed E-state index contributed by atoms with van der Waals surface area (Å²) in [5, 5.41) is 11.8. The van der Waals surface area contributed by atoms with Gasteiger partial charge in [0, 0.05) is 12.1 Å². The van der Waals surface area contributed by atoms with Gasteiger partial charge in [-0.3, -0.25) is 0 Å². The van der Waals surface area contributed by atoms with E-state index in [0.717, 1.165) is 52.3 Å². The quantitative estimate of drug-likeness (QED) is 0.317. The lowest BCUT2D eigenvalue weighted by molar-refractivity contribution is 0.415. The summed E-state index contributed by atoms with van der Waals surface area (Å²) in [6.45, 7) is 3.06. The van der Waals surface area contributed by atoms with Crippen LogP contribution in [0.15, 0.2) is 57.5 Å². The van der Waals surface area contributed by atoms with Crippen molar-refractivity contribution in [2.75, 3.05) is 7.11 Å². The van der Waals surface area contributed by atoms with E-state index in [2.05, 4.69) is 26.7 Å². The molecule has 0 radical (unpaired) electrons. The van der Waals surface area contributed by atoms with Crippen LogP contribution in [0.2, 0.25) is 0 Å². The Balaban J connectivity index is 1.52. The van der Waals surface area contributed by atoms with Crippen LogP contribution < -0.4 is 4.74 Å². The van der Waals surface area contributed by atoms with E-state index < -0.39 is 0 Å². The summed E-state index contributed by atoms with van der Waals surface area (Å²) in [6.07, 6.45) is 3.96. The Labute approximate surface area is 178 Å². The minimum Gasteiger partial charge on any atom is -0.497 e. The Kier molecular flexibility index (Phi) is 6.31. The van der Waals surface area contributed by atoms with Gasteiger partial charge >= 0.3 is 0 Å². The maximum absolute atomic E-state index is 5.89. The molecule has 0 fully saturated rings. The molecule has 150 valence electrons. The lowest BCUT2D eigenvalue weighted by Gasteiger charge is -2.09. The van der Waals surface area contributed by atoms with E-state index in [-0.39, 0.29) is 0 Å². The van der Waals surface area contributed by atoms with Crippen LogP contribution >= 0.6 is 23.1 Å². The Bertz CT molecular complexity index is 1040. The van der Waals surface area contributed by atoms with Crippen LogP contribution in [-0.2, 0) is 12.3 Å². The van der Waals surface area contributed by atoms with E-state index >= 15 is 0 Å². The highest BCUT2D eigenvalue weighted by Crippen LogP contribution is 2.30. The van der Waals surface area contributed by atoms with Crippen molar-refractivity contribution < 1.29 is 9.15 Å². The van der Waals surface area contributed by atoms with Crippen LogP contribution in [0.5, 0.6) is 5.75 Å². The minimum atomic E-state index is 0.609. The number of benzene rings is 1. The largest absolute Gasteiger partial charge is 0.497 e. The number of nitrogens with zero attached hydrogens (tertiary/aromatic N) is 4. The molecule has 0 unspecified atom stereocenters. The van der Waals surface area contributed by atoms with Crippen molar-refractivity contribution in [3.8, 4) is 27.8 Å². The third-order valence-corrected chi connectivity index (χ3v) is 6.28. The van der Waals surface area contributed by atoms with Gasteiger partial charge in [-0.25, -0.2) is 4.98 Å². The molecule has 3 heterocycles. The van der Waals surface area contributed by atoms with Crippen molar-refractivity contribution in [3.05, 3.63) is 53.9 Å². The fourth-order valence-electron chi connectivity index (χ4n) is 2.90. The molecule has 4 aromatic rings. The van der Waals surface area contributed by atoms with Crippen molar-refractivity contribution in [2.24, 2.45) is 0 Å². The van der Waals surface area contributed by atoms with Crippen molar-refractivity contribution in [3.63, 3.8) is 0 Å². The Morgan fingerprint density at radius 2 is 2.03 bits per heavy atom. The van der Waals surface area contributed by atoms with Crippen LogP contribution in [0.1, 0.15) is 25.7 Å². The third kappa shape index (κ3) is 4.54. The van der Waals surface area contributed by atoms with Gasteiger partial charge in [-0.1, -0.05) is 31.2 Å². The average molecular weight is 427 g/mol. The molecule has 0 aliphatic rings. The molecule has 6 nitrogen and oxygen atoms in total. The van der Waals surface area contributed by atoms with Gasteiger partial charge in [0.2, 0.25) is 5.89 Å². The summed E-state index contributed by atoms with van der Waals surface area (Å²) < 4.78 is 13.3. The summed E-state index contributed by atoms with van der Waals surface area (Å²) in [5.41, 5.74) is 1.03. The van der Waals surface area contributed by atoms with Gasteiger partial charge in [-0.15, -0.1) is 21.5 Å². The van der Waals surface area contributed by atoms with E-state index in [0.29, 0.717) is 11.6 Å². The number of oxazole rings is 1. The van der Waals surface area contributed by atoms with Crippen LogP contribution in [0, 0.1) is 0 Å². The molecule has 0 saturated carbocycles. The molecule has 3 aromatic heterocycles. The van der Waals surface area contributed by atoms with Gasteiger partial charge in [0.15, 0.2) is 16.7 Å². The number of aromatic nitrogens is 4. The number of ether oxygens (including phenoxy) is 1. The van der Waals surface area contributed by atoms with Crippen LogP contribution in [-0.4, -0.2) is 26.9 Å². The van der Waals surface area contributed by atoms with Crippen LogP contribution in [0.3, 0.4) is 0 Å². The third-order valence-electron chi connectivity index (χ3n) is 4.44. The number of thiophene rings is 1. The van der Waals surface area contributed by atoms with Gasteiger partial charge in [0.05, 0.1) is 23.9 Å². The molecule has 0 bridgehead atoms. The first kappa shape index (κ1) is 19.7. The molecule has 1 aromatic carbocycles. The number of unbranched alkanes of at least 4 members (excludes halogenated alkanes) is 1. The first-order valence-electron chi connectivity index (χ1n) is 9.47. The summed E-state index contributed by atoms with van der Waals surface area (Å²) >= 11 is 3.24. The zero-order valence-electron chi connectivity index (χ0n) is 16.4. The second kappa shape index (κ2) is 9.28. The fraction of sp³-hybridized carbons (Fsp3) is 0.286. The number of thioether (sulfide) groups is 1. The monoisotopic (exact) mass is 426 g/mol. The second-order valence-corrected chi connectivity index (χ2v) is 8.31. The lowest BCUT2D eigenvalue weighted by atomic mass is 10.2. The molecule has 0 spiro atoms. The first-order valence-corrected chi connectivity index (χ1v) is 11.3. The van der Waals surface area contributed by atoms with Gasteiger partial charge in [-0.05, 0) is 42.1 Å². The number of hydrogen-bond donors (Lipinski definition) is 0.